The minimum absolute atomic E-state index is 0.572. The van der Waals surface area contributed by atoms with Crippen molar-refractivity contribution in [3.05, 3.63) is 413 Å². The molecule has 23 aromatic rings. The molecule has 0 bridgehead atoms. The summed E-state index contributed by atoms with van der Waals surface area (Å²) >= 11 is 0. The van der Waals surface area contributed by atoms with Crippen molar-refractivity contribution in [2.45, 2.75) is 0 Å². The predicted molar refractivity (Wildman–Crippen MR) is 483 cm³/mol. The van der Waals surface area contributed by atoms with Crippen molar-refractivity contribution >= 4 is 87.5 Å². The van der Waals surface area contributed by atoms with Gasteiger partial charge in [0.05, 0.1) is 22.1 Å². The van der Waals surface area contributed by atoms with Gasteiger partial charge in [-0.25, -0.2) is 29.9 Å². The highest BCUT2D eigenvalue weighted by molar-refractivity contribution is 6.23. The molecule has 0 unspecified atom stereocenters. The fraction of sp³-hybridized carbons (Fsp3) is 0. The third-order valence-corrected chi connectivity index (χ3v) is 22.5. The number of rotatable bonds is 13. The highest BCUT2D eigenvalue weighted by Gasteiger charge is 2.24. The van der Waals surface area contributed by atoms with Crippen molar-refractivity contribution < 1.29 is 8.83 Å². The second-order valence-corrected chi connectivity index (χ2v) is 29.6. The molecule has 10 nitrogen and oxygen atoms in total. The molecule has 552 valence electrons. The molecule has 17 aromatic carbocycles. The van der Waals surface area contributed by atoms with Gasteiger partial charge in [0.15, 0.2) is 46.1 Å². The summed E-state index contributed by atoms with van der Waals surface area (Å²) in [7, 11) is 0. The first kappa shape index (κ1) is 68.7. The number of para-hydroxylation sites is 2. The van der Waals surface area contributed by atoms with Crippen LogP contribution in [-0.2, 0) is 0 Å². The van der Waals surface area contributed by atoms with E-state index in [9.17, 15) is 0 Å². The molecule has 0 aliphatic heterocycles. The van der Waals surface area contributed by atoms with Gasteiger partial charge in [0.25, 0.3) is 0 Å². The van der Waals surface area contributed by atoms with Gasteiger partial charge in [-0.2, -0.15) is 0 Å². The number of nitrogens with zero attached hydrogens (tertiary/aromatic N) is 8. The first-order valence-electron chi connectivity index (χ1n) is 39.6. The summed E-state index contributed by atoms with van der Waals surface area (Å²) < 4.78 is 18.6. The lowest BCUT2D eigenvalue weighted by Crippen LogP contribution is -2.00. The third kappa shape index (κ3) is 12.5. The van der Waals surface area contributed by atoms with Gasteiger partial charge < -0.3 is 18.0 Å². The van der Waals surface area contributed by atoms with E-state index in [0.29, 0.717) is 34.9 Å². The number of hydrogen-bond donors (Lipinski definition) is 0. The average molecular weight is 1510 g/mol. The van der Waals surface area contributed by atoms with Gasteiger partial charge in [-0.3, -0.25) is 0 Å². The first-order chi connectivity index (χ1) is 58.5. The molecule has 0 aliphatic carbocycles. The predicted octanol–water partition coefficient (Wildman–Crippen LogP) is 28.1. The molecule has 0 saturated heterocycles. The summed E-state index contributed by atoms with van der Waals surface area (Å²) in [4.78, 5) is 30.5. The summed E-state index contributed by atoms with van der Waals surface area (Å²) in [5, 5.41) is 8.82. The Morgan fingerprint density at radius 1 is 0.161 bits per heavy atom. The Kier molecular flexibility index (Phi) is 17.0. The normalized spacial score (nSPS) is 11.6. The molecule has 6 aromatic heterocycles. The van der Waals surface area contributed by atoms with E-state index in [2.05, 4.69) is 361 Å². The molecule has 23 rings (SSSR count). The molecular weight excluding hydrogens is 1440 g/mol. The van der Waals surface area contributed by atoms with Crippen molar-refractivity contribution in [1.29, 1.82) is 0 Å². The molecule has 0 spiro atoms. The molecule has 0 atom stereocenters. The minimum Gasteiger partial charge on any atom is -0.454 e. The fourth-order valence-corrected chi connectivity index (χ4v) is 16.7. The molecule has 10 heteroatoms. The zero-order valence-electron chi connectivity index (χ0n) is 63.7. The maximum atomic E-state index is 6.97. The van der Waals surface area contributed by atoms with Crippen molar-refractivity contribution in [3.8, 4) is 135 Å². The maximum Gasteiger partial charge on any atom is 0.164 e. The second-order valence-electron chi connectivity index (χ2n) is 29.6. The first-order valence-corrected chi connectivity index (χ1v) is 39.6. The average Bonchev–Trinajstić information content (AvgIpc) is 1.56. The second kappa shape index (κ2) is 29.2. The Morgan fingerprint density at radius 2 is 0.398 bits per heavy atom. The minimum atomic E-state index is 0.572. The van der Waals surface area contributed by atoms with Gasteiger partial charge in [0.2, 0.25) is 0 Å². The van der Waals surface area contributed by atoms with Crippen LogP contribution in [0.3, 0.4) is 0 Å². The van der Waals surface area contributed by atoms with Crippen LogP contribution in [0.15, 0.2) is 421 Å². The molecule has 0 radical (unpaired) electrons. The van der Waals surface area contributed by atoms with E-state index in [1.807, 2.05) is 60.7 Å². The monoisotopic (exact) mass is 1510 g/mol. The maximum absolute atomic E-state index is 6.97. The number of benzene rings is 17. The number of hydrogen-bond acceptors (Lipinski definition) is 8. The molecule has 0 saturated carbocycles. The van der Waals surface area contributed by atoms with E-state index in [-0.39, 0.29) is 0 Å². The SMILES string of the molecule is c1ccc(-c2ccc(-c3nc(-c4cccc(-c5ccccc5)c4)nc(-c4ccc5c(c4)oc4c5ccc5c6ccccc6n(-c6ccc(-c7ccccc7)cc6)c54)n3)cc2)cc1.c1ccc(-c2ccc(-n3c4ccccc4c4ccc5c6ccc(-c7nc(-c8ccccc8)nc(-c8cccc(-c9ccccc9)c8)n7)cc6oc5c43)cc2)cc1. The summed E-state index contributed by atoms with van der Waals surface area (Å²) in [6.45, 7) is 0. The Bertz CT molecular complexity index is 7740. The highest BCUT2D eigenvalue weighted by atomic mass is 16.3. The van der Waals surface area contributed by atoms with Crippen LogP contribution in [0.1, 0.15) is 0 Å². The number of furan rings is 2. The van der Waals surface area contributed by atoms with Gasteiger partial charge in [-0.15, -0.1) is 0 Å². The van der Waals surface area contributed by atoms with E-state index in [1.165, 1.54) is 33.0 Å². The van der Waals surface area contributed by atoms with E-state index in [1.54, 1.807) is 0 Å². The molecule has 6 heterocycles. The van der Waals surface area contributed by atoms with Crippen LogP contribution in [-0.4, -0.2) is 39.0 Å². The topological polar surface area (TPSA) is 113 Å². The van der Waals surface area contributed by atoms with Gasteiger partial charge in [0, 0.05) is 87.8 Å². The van der Waals surface area contributed by atoms with Crippen LogP contribution in [0, 0.1) is 0 Å². The molecule has 0 N–H and O–H groups in total. The van der Waals surface area contributed by atoms with Gasteiger partial charge in [0.1, 0.15) is 11.2 Å². The fourth-order valence-electron chi connectivity index (χ4n) is 16.7. The summed E-state index contributed by atoms with van der Waals surface area (Å²) in [6.07, 6.45) is 0. The Hall–Kier alpha value is -16.0. The van der Waals surface area contributed by atoms with Crippen LogP contribution in [0.2, 0.25) is 0 Å². The van der Waals surface area contributed by atoms with Gasteiger partial charge >= 0.3 is 0 Å². The largest absolute Gasteiger partial charge is 0.454 e. The van der Waals surface area contributed by atoms with E-state index in [0.717, 1.165) is 155 Å². The summed E-state index contributed by atoms with van der Waals surface area (Å²) in [5.74, 6) is 3.58. The smallest absolute Gasteiger partial charge is 0.164 e. The third-order valence-electron chi connectivity index (χ3n) is 22.5. The molecule has 0 aliphatic rings. The Labute approximate surface area is 678 Å². The van der Waals surface area contributed by atoms with Crippen LogP contribution in [0.5, 0.6) is 0 Å². The van der Waals surface area contributed by atoms with Crippen molar-refractivity contribution in [2.24, 2.45) is 0 Å². The standard InChI is InChI=1S/C57H36N4O.C51H32N4O/c1-4-13-37(14-5-1)40-23-25-42(26-24-40)55-58-56(44-20-12-19-43(35-44)39-17-8-3-9-18-39)60-57(59-55)45-29-32-48-50-34-33-49-47-21-10-11-22-51(47)61(53(49)54(50)62-52(48)36-45)46-30-27-41(28-31-46)38-15-6-2-7-16-38;1-4-13-33(14-5-1)35-23-26-40(27-24-35)55-45-22-11-10-21-41(45)43-29-30-44-42-28-25-39(32-46(42)56-48(44)47(43)55)51-53-49(36-17-8-3-9-18-36)52-50(54-51)38-20-12-19-37(31-38)34-15-6-2-7-16-34/h1-36H;1-32H. The van der Waals surface area contributed by atoms with Crippen molar-refractivity contribution in [3.63, 3.8) is 0 Å². The summed E-state index contributed by atoms with van der Waals surface area (Å²) in [5.41, 5.74) is 26.6. The van der Waals surface area contributed by atoms with Gasteiger partial charge in [-0.1, -0.05) is 328 Å². The van der Waals surface area contributed by atoms with Crippen molar-refractivity contribution in [1.82, 2.24) is 39.0 Å². The van der Waals surface area contributed by atoms with Crippen LogP contribution >= 0.6 is 0 Å². The van der Waals surface area contributed by atoms with Crippen LogP contribution in [0.25, 0.3) is 223 Å². The Morgan fingerprint density at radius 3 is 0.763 bits per heavy atom. The number of fused-ring (bicyclic) bond motifs is 14. The number of aromatic nitrogens is 8. The molecule has 0 fully saturated rings. The highest BCUT2D eigenvalue weighted by Crippen LogP contribution is 2.45. The molecule has 118 heavy (non-hydrogen) atoms. The molecule has 0 amide bonds. The lowest BCUT2D eigenvalue weighted by molar-refractivity contribution is 0.671. The van der Waals surface area contributed by atoms with E-state index in [4.69, 9.17) is 38.7 Å². The zero-order chi connectivity index (χ0) is 78.0. The Balaban J connectivity index is 0.000000143. The van der Waals surface area contributed by atoms with Crippen molar-refractivity contribution in [2.75, 3.05) is 0 Å². The van der Waals surface area contributed by atoms with E-state index >= 15 is 0 Å². The van der Waals surface area contributed by atoms with Crippen LogP contribution < -0.4 is 0 Å². The van der Waals surface area contributed by atoms with E-state index < -0.39 is 0 Å². The summed E-state index contributed by atoms with van der Waals surface area (Å²) in [6, 6.07) is 144. The van der Waals surface area contributed by atoms with Gasteiger partial charge in [-0.05, 0) is 141 Å². The van der Waals surface area contributed by atoms with Crippen LogP contribution in [0.4, 0.5) is 0 Å². The zero-order valence-corrected chi connectivity index (χ0v) is 63.7. The quantitative estimate of drug-likeness (QED) is 0.112. The lowest BCUT2D eigenvalue weighted by atomic mass is 10.0. The lowest BCUT2D eigenvalue weighted by Gasteiger charge is -2.10. The molecular formula is C108H68N8O2.